The summed E-state index contributed by atoms with van der Waals surface area (Å²) in [6.07, 6.45) is 2.02. The van der Waals surface area contributed by atoms with E-state index >= 15 is 0 Å². The Hall–Kier alpha value is -4.29. The summed E-state index contributed by atoms with van der Waals surface area (Å²) < 4.78 is 90.1. The Morgan fingerprint density at radius 3 is 0.738 bits per heavy atom. The minimum Gasteiger partial charge on any atom is -0.744 e. The Bertz CT molecular complexity index is 2100. The van der Waals surface area contributed by atoms with Crippen LogP contribution >= 0.6 is 0 Å². The molecule has 0 heterocycles. The van der Waals surface area contributed by atoms with Gasteiger partial charge in [-0.05, 0) is 98.1 Å². The molecule has 0 aliphatic heterocycles. The highest BCUT2D eigenvalue weighted by molar-refractivity contribution is 7.86. The molecule has 0 saturated heterocycles. The highest BCUT2D eigenvalue weighted by atomic mass is 32.2. The van der Waals surface area contributed by atoms with Gasteiger partial charge < -0.3 is 9.11 Å². The van der Waals surface area contributed by atoms with Gasteiger partial charge in [-0.25, -0.2) is 16.8 Å². The first-order valence-electron chi connectivity index (χ1n) is 20.0. The Morgan fingerprint density at radius 1 is 0.393 bits per heavy atom. The second-order valence-electron chi connectivity index (χ2n) is 19.3. The fourth-order valence-electron chi connectivity index (χ4n) is 5.67. The predicted octanol–water partition coefficient (Wildman–Crippen LogP) is 12.7. The molecule has 0 aliphatic carbocycles. The van der Waals surface area contributed by atoms with Crippen molar-refractivity contribution in [3.05, 3.63) is 171 Å². The molecule has 334 valence electrons. The lowest BCUT2D eigenvalue weighted by molar-refractivity contribution is -0.0517. The van der Waals surface area contributed by atoms with Crippen LogP contribution in [0.15, 0.2) is 126 Å². The molecule has 5 rings (SSSR count). The first-order chi connectivity index (χ1) is 27.6. The Labute approximate surface area is 364 Å². The lowest BCUT2D eigenvalue weighted by Gasteiger charge is -2.20. The van der Waals surface area contributed by atoms with E-state index in [-0.39, 0.29) is 26.6 Å². The number of alkyl halides is 3. The molecule has 61 heavy (non-hydrogen) atoms. The van der Waals surface area contributed by atoms with Crippen LogP contribution in [0.25, 0.3) is 0 Å². The van der Waals surface area contributed by atoms with Gasteiger partial charge in [-0.3, -0.25) is 0 Å². The molecule has 6 nitrogen and oxygen atoms in total. The zero-order valence-electron chi connectivity index (χ0n) is 37.9. The van der Waals surface area contributed by atoms with Crippen LogP contribution in [0.4, 0.5) is 13.2 Å². The maximum Gasteiger partial charge on any atom is 0.485 e. The largest absolute Gasteiger partial charge is 0.744 e. The normalized spacial score (nSPS) is 12.5. The lowest BCUT2D eigenvalue weighted by atomic mass is 9.85. The van der Waals surface area contributed by atoms with Crippen molar-refractivity contribution >= 4 is 20.2 Å². The van der Waals surface area contributed by atoms with Gasteiger partial charge in [0, 0.05) is 0 Å². The molecule has 0 fully saturated rings. The minimum atomic E-state index is -6.09. The summed E-state index contributed by atoms with van der Waals surface area (Å²) in [5.74, 6) is 0. The van der Waals surface area contributed by atoms with E-state index in [0.717, 1.165) is 18.4 Å². The molecule has 0 spiro atoms. The van der Waals surface area contributed by atoms with Crippen LogP contribution in [-0.4, -0.2) is 31.4 Å². The summed E-state index contributed by atoms with van der Waals surface area (Å²) in [4.78, 5) is -0.178. The van der Waals surface area contributed by atoms with Gasteiger partial charge in [0.25, 0.3) is 0 Å². The quantitative estimate of drug-likeness (QED) is 0.128. The average molecular weight is 881 g/mol. The van der Waals surface area contributed by atoms with E-state index < -0.39 is 25.7 Å². The summed E-state index contributed by atoms with van der Waals surface area (Å²) in [7, 11) is -10.4. The Kier molecular flexibility index (Phi) is 18.0. The first kappa shape index (κ1) is 52.8. The molecular weight excluding hydrogens is 818 g/mol. The van der Waals surface area contributed by atoms with Gasteiger partial charge in [0.1, 0.15) is 10.1 Å². The van der Waals surface area contributed by atoms with E-state index in [4.69, 9.17) is 13.0 Å². The van der Waals surface area contributed by atoms with Crippen LogP contribution in [-0.2, 0) is 54.7 Å². The van der Waals surface area contributed by atoms with Crippen LogP contribution < -0.4 is 0 Å². The van der Waals surface area contributed by atoms with Crippen LogP contribution in [0.2, 0.25) is 0 Å². The molecule has 11 heteroatoms. The number of halogens is 3. The van der Waals surface area contributed by atoms with E-state index in [1.807, 2.05) is 6.92 Å². The summed E-state index contributed by atoms with van der Waals surface area (Å²) in [6.45, 7) is 28.9. The average Bonchev–Trinajstić information content (AvgIpc) is 3.11. The van der Waals surface area contributed by atoms with Crippen molar-refractivity contribution in [3.63, 3.8) is 0 Å². The molecule has 5 aromatic rings. The first-order valence-corrected chi connectivity index (χ1v) is 22.8. The van der Waals surface area contributed by atoms with Gasteiger partial charge in [0.05, 0.1) is 4.90 Å². The molecule has 0 N–H and O–H groups in total. The van der Waals surface area contributed by atoms with Crippen LogP contribution in [0.5, 0.6) is 0 Å². The smallest absolute Gasteiger partial charge is 0.485 e. The van der Waals surface area contributed by atoms with Crippen molar-refractivity contribution in [1.82, 2.24) is 0 Å². The van der Waals surface area contributed by atoms with Crippen LogP contribution in [0.1, 0.15) is 133 Å². The third kappa shape index (κ3) is 18.7. The lowest BCUT2D eigenvalue weighted by Crippen LogP contribution is -2.21. The zero-order valence-corrected chi connectivity index (χ0v) is 39.5. The number of aryl methyl sites for hydroxylation is 1. The molecule has 5 aromatic carbocycles. The predicted molar refractivity (Wildman–Crippen MR) is 241 cm³/mol. The molecule has 0 bridgehead atoms. The maximum atomic E-state index is 10.7. The van der Waals surface area contributed by atoms with Crippen molar-refractivity contribution in [2.24, 2.45) is 0 Å². The molecular formula is C50H63F3O6S2-2. The highest BCUT2D eigenvalue weighted by Crippen LogP contribution is 2.27. The van der Waals surface area contributed by atoms with E-state index in [0.29, 0.717) is 0 Å². The molecule has 0 atom stereocenters. The highest BCUT2D eigenvalue weighted by Gasteiger charge is 2.37. The SMILES string of the molecule is CC(C)(C)c1ccc(Cc2ccc(C(C)(C)C)cc2)cc1.CC(C)(C)c1ccc(Cc2ccc(C(C)(C)C)cc2)cc1.Cc1ccc(S(=O)(=O)[O-])cc1.O=S(=O)([O-])C(F)(F)F. The minimum absolute atomic E-state index is 0.178. The molecule has 0 saturated carbocycles. The topological polar surface area (TPSA) is 114 Å². The second-order valence-corrected chi connectivity index (χ2v) is 22.1. The second kappa shape index (κ2) is 20.7. The van der Waals surface area contributed by atoms with Crippen molar-refractivity contribution in [2.75, 3.05) is 0 Å². The van der Waals surface area contributed by atoms with Gasteiger partial charge in [-0.1, -0.05) is 198 Å². The third-order valence-electron chi connectivity index (χ3n) is 9.69. The van der Waals surface area contributed by atoms with Crippen molar-refractivity contribution < 1.29 is 39.1 Å². The van der Waals surface area contributed by atoms with Gasteiger partial charge in [-0.2, -0.15) is 13.2 Å². The van der Waals surface area contributed by atoms with E-state index in [2.05, 4.69) is 180 Å². The molecule has 0 aliphatic rings. The van der Waals surface area contributed by atoms with Gasteiger partial charge in [0.2, 0.25) is 0 Å². The van der Waals surface area contributed by atoms with Crippen LogP contribution in [0.3, 0.4) is 0 Å². The van der Waals surface area contributed by atoms with Crippen LogP contribution in [0, 0.1) is 6.92 Å². The summed E-state index contributed by atoms with van der Waals surface area (Å²) in [5.41, 5.74) is 7.31. The zero-order chi connectivity index (χ0) is 46.8. The molecule has 0 amide bonds. The summed E-state index contributed by atoms with van der Waals surface area (Å²) in [5, 5.41) is 0. The fraction of sp³-hybridized carbons (Fsp3) is 0.400. The Balaban J connectivity index is 0.000000300. The Morgan fingerprint density at radius 2 is 0.590 bits per heavy atom. The third-order valence-corrected chi connectivity index (χ3v) is 11.1. The van der Waals surface area contributed by atoms with E-state index in [1.165, 1.54) is 56.6 Å². The number of benzene rings is 5. The summed E-state index contributed by atoms with van der Waals surface area (Å²) >= 11 is 0. The van der Waals surface area contributed by atoms with Gasteiger partial charge in [-0.15, -0.1) is 0 Å². The van der Waals surface area contributed by atoms with Crippen molar-refractivity contribution in [3.8, 4) is 0 Å². The van der Waals surface area contributed by atoms with Crippen molar-refractivity contribution in [1.29, 1.82) is 0 Å². The standard InChI is InChI=1S/2C21H28.C7H8O3S.CHF3O3S/c2*1-20(2,3)18-11-7-16(8-12-18)15-17-9-13-19(14-10-17)21(4,5)6;1-6-2-4-7(5-3-6)11(8,9)10;2-1(3,4)8(5,6)7/h2*7-14H,15H2,1-6H3;2-5H,1H3,(H,8,9,10);(H,5,6,7)/p-2. The monoisotopic (exact) mass is 880 g/mol. The molecule has 0 unspecified atom stereocenters. The van der Waals surface area contributed by atoms with E-state index in [9.17, 15) is 26.1 Å². The number of rotatable bonds is 5. The number of hydrogen-bond acceptors (Lipinski definition) is 6. The van der Waals surface area contributed by atoms with Crippen molar-refractivity contribution in [2.45, 2.75) is 135 Å². The molecule has 0 aromatic heterocycles. The maximum absolute atomic E-state index is 10.7. The fourth-order valence-corrected chi connectivity index (χ4v) is 6.14. The van der Waals surface area contributed by atoms with Gasteiger partial charge in [0.15, 0.2) is 10.1 Å². The van der Waals surface area contributed by atoms with E-state index in [1.54, 1.807) is 12.1 Å². The number of hydrogen-bond donors (Lipinski definition) is 0. The summed E-state index contributed by atoms with van der Waals surface area (Å²) in [6, 6.07) is 42.0. The van der Waals surface area contributed by atoms with Gasteiger partial charge >= 0.3 is 5.51 Å². The molecule has 0 radical (unpaired) electrons.